The highest BCUT2D eigenvalue weighted by Gasteiger charge is 2.17. The summed E-state index contributed by atoms with van der Waals surface area (Å²) in [7, 11) is 0. The number of fused-ring (bicyclic) bond motifs is 1. The smallest absolute Gasteiger partial charge is 0.316 e. The van der Waals surface area contributed by atoms with Crippen molar-refractivity contribution < 1.29 is 9.53 Å². The molecule has 0 saturated carbocycles. The van der Waals surface area contributed by atoms with Crippen molar-refractivity contribution in [3.05, 3.63) is 62.9 Å². The minimum absolute atomic E-state index is 0.0667. The molecule has 1 aromatic heterocycles. The Morgan fingerprint density at radius 3 is 2.78 bits per heavy atom. The summed E-state index contributed by atoms with van der Waals surface area (Å²) >= 11 is 7.24. The van der Waals surface area contributed by atoms with Crippen LogP contribution in [-0.2, 0) is 9.53 Å². The van der Waals surface area contributed by atoms with Crippen molar-refractivity contribution in [2.45, 2.75) is 25.9 Å². The van der Waals surface area contributed by atoms with Gasteiger partial charge < -0.3 is 4.74 Å². The topological polar surface area (TPSA) is 61.2 Å². The molecule has 27 heavy (non-hydrogen) atoms. The number of hydrogen-bond acceptors (Lipinski definition) is 5. The number of benzene rings is 2. The maximum Gasteiger partial charge on any atom is 0.316 e. The van der Waals surface area contributed by atoms with Crippen molar-refractivity contribution in [1.29, 1.82) is 0 Å². The summed E-state index contributed by atoms with van der Waals surface area (Å²) < 4.78 is 6.55. The molecule has 2 aromatic carbocycles. The van der Waals surface area contributed by atoms with Crippen LogP contribution in [0.3, 0.4) is 0 Å². The normalized spacial score (nSPS) is 11.0. The molecule has 0 fully saturated rings. The molecule has 0 atom stereocenters. The molecule has 3 aromatic rings. The van der Waals surface area contributed by atoms with Gasteiger partial charge in [0.05, 0.1) is 29.0 Å². The van der Waals surface area contributed by atoms with E-state index in [0.717, 1.165) is 16.8 Å². The Kier molecular flexibility index (Phi) is 5.87. The largest absolute Gasteiger partial charge is 0.465 e. The van der Waals surface area contributed by atoms with Gasteiger partial charge in [-0.15, -0.1) is 0 Å². The first-order valence-corrected chi connectivity index (χ1v) is 9.86. The molecule has 0 bridgehead atoms. The van der Waals surface area contributed by atoms with Crippen LogP contribution in [0.25, 0.3) is 16.6 Å². The highest BCUT2D eigenvalue weighted by molar-refractivity contribution is 7.99. The number of aryl methyl sites for hydroxylation is 1. The number of thioether (sulfide) groups is 1. The zero-order valence-electron chi connectivity index (χ0n) is 15.3. The molecule has 0 saturated heterocycles. The SMILES string of the molecule is CCOC(=O)CSc1nc2cc(Cl)ccc2c(=O)n1-c1cccc(C)c1C. The monoisotopic (exact) mass is 402 g/mol. The Morgan fingerprint density at radius 1 is 1.26 bits per heavy atom. The lowest BCUT2D eigenvalue weighted by atomic mass is 10.1. The molecule has 5 nitrogen and oxygen atoms in total. The maximum absolute atomic E-state index is 13.2. The van der Waals surface area contributed by atoms with Crippen LogP contribution in [0.15, 0.2) is 46.3 Å². The minimum atomic E-state index is -0.351. The van der Waals surface area contributed by atoms with Crippen LogP contribution >= 0.6 is 23.4 Å². The Bertz CT molecular complexity index is 1080. The van der Waals surface area contributed by atoms with E-state index in [1.165, 1.54) is 11.8 Å². The summed E-state index contributed by atoms with van der Waals surface area (Å²) in [6, 6.07) is 10.8. The summed E-state index contributed by atoms with van der Waals surface area (Å²) in [5.41, 5.74) is 3.09. The Balaban J connectivity index is 2.22. The molecular formula is C20H19ClN2O3S. The summed E-state index contributed by atoms with van der Waals surface area (Å²) in [6.45, 7) is 6.02. The van der Waals surface area contributed by atoms with Crippen molar-refractivity contribution in [2.75, 3.05) is 12.4 Å². The zero-order valence-corrected chi connectivity index (χ0v) is 16.9. The molecule has 0 N–H and O–H groups in total. The third-order valence-corrected chi connectivity index (χ3v) is 5.39. The third-order valence-electron chi connectivity index (χ3n) is 4.24. The molecule has 140 valence electrons. The van der Waals surface area contributed by atoms with Gasteiger partial charge in [0.2, 0.25) is 0 Å². The van der Waals surface area contributed by atoms with Crippen LogP contribution in [0.5, 0.6) is 0 Å². The van der Waals surface area contributed by atoms with Crippen molar-refractivity contribution in [3.63, 3.8) is 0 Å². The van der Waals surface area contributed by atoms with Crippen molar-refractivity contribution in [2.24, 2.45) is 0 Å². The highest BCUT2D eigenvalue weighted by Crippen LogP contribution is 2.25. The fourth-order valence-electron chi connectivity index (χ4n) is 2.75. The van der Waals surface area contributed by atoms with Crippen LogP contribution in [-0.4, -0.2) is 27.9 Å². The molecule has 1 heterocycles. The summed E-state index contributed by atoms with van der Waals surface area (Å²) in [4.78, 5) is 29.7. The fourth-order valence-corrected chi connectivity index (χ4v) is 3.72. The van der Waals surface area contributed by atoms with Gasteiger partial charge in [-0.2, -0.15) is 0 Å². The molecule has 7 heteroatoms. The molecule has 3 rings (SSSR count). The molecule has 0 spiro atoms. The molecule has 0 aliphatic rings. The number of halogens is 1. The first-order valence-electron chi connectivity index (χ1n) is 8.49. The van der Waals surface area contributed by atoms with E-state index in [0.29, 0.717) is 27.7 Å². The first kappa shape index (κ1) is 19.5. The standard InChI is InChI=1S/C20H19ClN2O3S/c1-4-26-18(24)11-27-20-22-16-10-14(21)8-9-15(16)19(25)23(20)17-7-5-6-12(2)13(17)3/h5-10H,4,11H2,1-3H3. The van der Waals surface area contributed by atoms with E-state index in [2.05, 4.69) is 4.98 Å². The molecule has 0 radical (unpaired) electrons. The molecule has 0 aliphatic carbocycles. The Hall–Kier alpha value is -2.31. The van der Waals surface area contributed by atoms with Gasteiger partial charge in [0.25, 0.3) is 5.56 Å². The average Bonchev–Trinajstić information content (AvgIpc) is 2.63. The number of rotatable bonds is 5. The highest BCUT2D eigenvalue weighted by atomic mass is 35.5. The van der Waals surface area contributed by atoms with E-state index >= 15 is 0 Å². The lowest BCUT2D eigenvalue weighted by molar-refractivity contribution is -0.139. The van der Waals surface area contributed by atoms with Crippen LogP contribution in [0.4, 0.5) is 0 Å². The third kappa shape index (κ3) is 4.01. The number of nitrogens with zero attached hydrogens (tertiary/aromatic N) is 2. The predicted octanol–water partition coefficient (Wildman–Crippen LogP) is 4.31. The van der Waals surface area contributed by atoms with Gasteiger partial charge in [-0.1, -0.05) is 35.5 Å². The van der Waals surface area contributed by atoms with Gasteiger partial charge in [-0.3, -0.25) is 14.2 Å². The molecule has 0 unspecified atom stereocenters. The van der Waals surface area contributed by atoms with Gasteiger partial charge in [0.15, 0.2) is 5.16 Å². The number of aromatic nitrogens is 2. The second kappa shape index (κ2) is 8.15. The van der Waals surface area contributed by atoms with Crippen molar-refractivity contribution >= 4 is 40.2 Å². The number of carbonyl (C=O) groups is 1. The zero-order chi connectivity index (χ0) is 19.6. The van der Waals surface area contributed by atoms with E-state index in [4.69, 9.17) is 16.3 Å². The number of hydrogen-bond donors (Lipinski definition) is 0. The van der Waals surface area contributed by atoms with E-state index in [-0.39, 0.29) is 17.3 Å². The first-order chi connectivity index (χ1) is 12.9. The van der Waals surface area contributed by atoms with E-state index in [1.807, 2.05) is 32.0 Å². The predicted molar refractivity (Wildman–Crippen MR) is 109 cm³/mol. The van der Waals surface area contributed by atoms with E-state index in [9.17, 15) is 9.59 Å². The Labute approximate surface area is 166 Å². The number of ether oxygens (including phenoxy) is 1. The second-order valence-corrected chi connectivity index (χ2v) is 7.39. The Morgan fingerprint density at radius 2 is 2.04 bits per heavy atom. The number of carbonyl (C=O) groups excluding carboxylic acids is 1. The van der Waals surface area contributed by atoms with Crippen LogP contribution in [0.2, 0.25) is 5.02 Å². The van der Waals surface area contributed by atoms with Crippen LogP contribution in [0.1, 0.15) is 18.1 Å². The quantitative estimate of drug-likeness (QED) is 0.361. The van der Waals surface area contributed by atoms with Crippen molar-refractivity contribution in [3.8, 4) is 5.69 Å². The van der Waals surface area contributed by atoms with Gasteiger partial charge in [0.1, 0.15) is 0 Å². The summed E-state index contributed by atoms with van der Waals surface area (Å²) in [5, 5.41) is 1.40. The summed E-state index contributed by atoms with van der Waals surface area (Å²) in [5.74, 6) is -0.285. The fraction of sp³-hybridized carbons (Fsp3) is 0.250. The molecule has 0 amide bonds. The lowest BCUT2D eigenvalue weighted by Crippen LogP contribution is -2.23. The van der Waals surface area contributed by atoms with E-state index < -0.39 is 0 Å². The van der Waals surface area contributed by atoms with Gasteiger partial charge in [-0.25, -0.2) is 4.98 Å². The molecule has 0 aliphatic heterocycles. The number of esters is 1. The van der Waals surface area contributed by atoms with Gasteiger partial charge >= 0.3 is 5.97 Å². The average molecular weight is 403 g/mol. The summed E-state index contributed by atoms with van der Waals surface area (Å²) in [6.07, 6.45) is 0. The van der Waals surface area contributed by atoms with Crippen LogP contribution < -0.4 is 5.56 Å². The maximum atomic E-state index is 13.2. The lowest BCUT2D eigenvalue weighted by Gasteiger charge is -2.16. The van der Waals surface area contributed by atoms with Crippen molar-refractivity contribution in [1.82, 2.24) is 9.55 Å². The second-order valence-electron chi connectivity index (χ2n) is 6.01. The van der Waals surface area contributed by atoms with Crippen LogP contribution in [0, 0.1) is 13.8 Å². The minimum Gasteiger partial charge on any atom is -0.465 e. The van der Waals surface area contributed by atoms with Gasteiger partial charge in [-0.05, 0) is 56.2 Å². The molecular weight excluding hydrogens is 384 g/mol. The van der Waals surface area contributed by atoms with Gasteiger partial charge in [0, 0.05) is 5.02 Å². The van der Waals surface area contributed by atoms with E-state index in [1.54, 1.807) is 29.7 Å².